The van der Waals surface area contributed by atoms with Gasteiger partial charge in [0.2, 0.25) is 0 Å². The van der Waals surface area contributed by atoms with Crippen molar-refractivity contribution in [2.75, 3.05) is 0 Å². The fourth-order valence-electron chi connectivity index (χ4n) is 2.69. The van der Waals surface area contributed by atoms with Crippen LogP contribution in [0.3, 0.4) is 0 Å². The first-order valence-corrected chi connectivity index (χ1v) is 8.00. The Balaban J connectivity index is 2.50. The highest BCUT2D eigenvalue weighted by Crippen LogP contribution is 2.50. The molecule has 3 rings (SSSR count). The molecule has 160 valence electrons. The maximum atomic E-state index is 15.0. The average molecular weight is 440 g/mol. The van der Waals surface area contributed by atoms with Gasteiger partial charge in [-0.25, -0.2) is 9.37 Å². The maximum absolute atomic E-state index is 15.0. The third-order valence-corrected chi connectivity index (χ3v) is 3.99. The van der Waals surface area contributed by atoms with Crippen molar-refractivity contribution >= 4 is 0 Å². The van der Waals surface area contributed by atoms with Crippen molar-refractivity contribution in [3.63, 3.8) is 0 Å². The number of benzene rings is 1. The number of rotatable bonds is 3. The Hall–Kier alpha value is -3.05. The van der Waals surface area contributed by atoms with E-state index in [1.165, 1.54) is 25.1 Å². The summed E-state index contributed by atoms with van der Waals surface area (Å²) in [5, 5.41) is 3.39. The molecular weight excluding hydrogens is 431 g/mol. The van der Waals surface area contributed by atoms with Gasteiger partial charge in [-0.15, -0.1) is 0 Å². The lowest BCUT2D eigenvalue weighted by Crippen LogP contribution is -2.37. The predicted molar refractivity (Wildman–Crippen MR) is 84.8 cm³/mol. The first-order valence-electron chi connectivity index (χ1n) is 8.00. The summed E-state index contributed by atoms with van der Waals surface area (Å²) in [6.07, 6.45) is -12.4. The molecule has 3 aromatic rings. The normalized spacial score (nSPS) is 13.0. The van der Waals surface area contributed by atoms with Crippen LogP contribution in [-0.4, -0.2) is 16.3 Å². The van der Waals surface area contributed by atoms with Gasteiger partial charge in [-0.05, 0) is 6.92 Å². The van der Waals surface area contributed by atoms with Crippen LogP contribution in [0.5, 0.6) is 0 Å². The lowest BCUT2D eigenvalue weighted by atomic mass is 9.96. The summed E-state index contributed by atoms with van der Waals surface area (Å²) >= 11 is 0. The SMILES string of the molecule is Cc1cc(-c2c(-c3ccccc3)nc(C(F)(F)C(F)(F)F)c(C(F)(F)F)c2F)on1. The van der Waals surface area contributed by atoms with E-state index in [9.17, 15) is 35.1 Å². The molecule has 0 N–H and O–H groups in total. The topological polar surface area (TPSA) is 38.9 Å². The van der Waals surface area contributed by atoms with E-state index in [1.807, 2.05) is 0 Å². The minimum Gasteiger partial charge on any atom is -0.356 e. The summed E-state index contributed by atoms with van der Waals surface area (Å²) in [7, 11) is 0. The number of hydrogen-bond acceptors (Lipinski definition) is 3. The summed E-state index contributed by atoms with van der Waals surface area (Å²) in [6.45, 7) is 1.34. The molecule has 0 radical (unpaired) electrons. The van der Waals surface area contributed by atoms with Gasteiger partial charge in [0.05, 0.1) is 17.0 Å². The van der Waals surface area contributed by atoms with E-state index < -0.39 is 52.4 Å². The number of nitrogens with zero attached hydrogens (tertiary/aromatic N) is 2. The summed E-state index contributed by atoms with van der Waals surface area (Å²) < 4.78 is 127. The molecule has 0 atom stereocenters. The number of alkyl halides is 8. The molecular formula is C18H9F9N2O. The van der Waals surface area contributed by atoms with Gasteiger partial charge < -0.3 is 4.52 Å². The van der Waals surface area contributed by atoms with Crippen LogP contribution in [0.1, 0.15) is 17.0 Å². The Morgan fingerprint density at radius 2 is 1.50 bits per heavy atom. The van der Waals surface area contributed by atoms with Crippen LogP contribution in [0.25, 0.3) is 22.6 Å². The molecule has 0 amide bonds. The molecule has 2 aromatic heterocycles. The van der Waals surface area contributed by atoms with Gasteiger partial charge in [0.15, 0.2) is 11.6 Å². The molecule has 30 heavy (non-hydrogen) atoms. The molecule has 2 heterocycles. The van der Waals surface area contributed by atoms with E-state index in [-0.39, 0.29) is 11.3 Å². The molecule has 0 spiro atoms. The number of pyridine rings is 1. The third-order valence-electron chi connectivity index (χ3n) is 3.99. The van der Waals surface area contributed by atoms with Crippen molar-refractivity contribution in [2.45, 2.75) is 25.2 Å². The molecule has 0 bridgehead atoms. The zero-order chi connectivity index (χ0) is 22.5. The first-order chi connectivity index (χ1) is 13.7. The van der Waals surface area contributed by atoms with Crippen LogP contribution >= 0.6 is 0 Å². The largest absolute Gasteiger partial charge is 0.459 e. The second-order valence-electron chi connectivity index (χ2n) is 6.14. The minimum absolute atomic E-state index is 0.0988. The molecule has 0 unspecified atom stereocenters. The Kier molecular flexibility index (Phi) is 5.07. The van der Waals surface area contributed by atoms with Gasteiger partial charge in [-0.1, -0.05) is 35.5 Å². The molecule has 3 nitrogen and oxygen atoms in total. The van der Waals surface area contributed by atoms with Crippen LogP contribution < -0.4 is 0 Å². The summed E-state index contributed by atoms with van der Waals surface area (Å²) in [6, 6.07) is 7.35. The molecule has 0 saturated heterocycles. The van der Waals surface area contributed by atoms with E-state index >= 15 is 4.39 Å². The fourth-order valence-corrected chi connectivity index (χ4v) is 2.69. The van der Waals surface area contributed by atoms with E-state index in [4.69, 9.17) is 4.52 Å². The summed E-state index contributed by atoms with van der Waals surface area (Å²) in [4.78, 5) is 2.98. The summed E-state index contributed by atoms with van der Waals surface area (Å²) in [5.41, 5.74) is -7.69. The summed E-state index contributed by atoms with van der Waals surface area (Å²) in [5.74, 6) is -9.09. The average Bonchev–Trinajstić information content (AvgIpc) is 3.05. The van der Waals surface area contributed by atoms with Crippen molar-refractivity contribution < 1.29 is 44.0 Å². The predicted octanol–water partition coefficient (Wildman–Crippen LogP) is 6.52. The van der Waals surface area contributed by atoms with Gasteiger partial charge in [-0.2, -0.15) is 35.1 Å². The number of aromatic nitrogens is 2. The molecule has 0 saturated carbocycles. The second-order valence-corrected chi connectivity index (χ2v) is 6.14. The lowest BCUT2D eigenvalue weighted by molar-refractivity contribution is -0.292. The van der Waals surface area contributed by atoms with Crippen LogP contribution in [0.4, 0.5) is 39.5 Å². The molecule has 0 aliphatic heterocycles. The van der Waals surface area contributed by atoms with Gasteiger partial charge in [-0.3, -0.25) is 0 Å². The van der Waals surface area contributed by atoms with Crippen LogP contribution in [-0.2, 0) is 12.1 Å². The second kappa shape index (κ2) is 7.03. The molecule has 1 aromatic carbocycles. The van der Waals surface area contributed by atoms with Crippen LogP contribution in [0, 0.1) is 12.7 Å². The Labute approximate surface area is 162 Å². The van der Waals surface area contributed by atoms with Gasteiger partial charge in [0.25, 0.3) is 0 Å². The minimum atomic E-state index is -6.45. The standard InChI is InChI=1S/C18H9F9N2O/c1-8-7-10(30-29-8)11-13(19)12(17(22,23)24)15(16(20,21)18(25,26)27)28-14(11)9-5-3-2-4-6-9/h2-7H,1H3. The molecule has 0 aliphatic rings. The number of aryl methyl sites for hydroxylation is 1. The van der Waals surface area contributed by atoms with Crippen molar-refractivity contribution in [1.82, 2.24) is 10.1 Å². The van der Waals surface area contributed by atoms with Crippen LogP contribution in [0.15, 0.2) is 40.9 Å². The van der Waals surface area contributed by atoms with E-state index in [0.717, 1.165) is 18.2 Å². The number of halogens is 9. The Morgan fingerprint density at radius 1 is 0.900 bits per heavy atom. The van der Waals surface area contributed by atoms with Crippen LogP contribution in [0.2, 0.25) is 0 Å². The van der Waals surface area contributed by atoms with E-state index in [2.05, 4.69) is 10.1 Å². The molecule has 0 aliphatic carbocycles. The number of hydrogen-bond donors (Lipinski definition) is 0. The zero-order valence-corrected chi connectivity index (χ0v) is 14.7. The van der Waals surface area contributed by atoms with E-state index in [1.54, 1.807) is 0 Å². The van der Waals surface area contributed by atoms with Crippen molar-refractivity contribution in [1.29, 1.82) is 0 Å². The van der Waals surface area contributed by atoms with Crippen molar-refractivity contribution in [2.24, 2.45) is 0 Å². The smallest absolute Gasteiger partial charge is 0.356 e. The monoisotopic (exact) mass is 440 g/mol. The Morgan fingerprint density at radius 3 is 1.97 bits per heavy atom. The van der Waals surface area contributed by atoms with Crippen molar-refractivity contribution in [3.8, 4) is 22.6 Å². The van der Waals surface area contributed by atoms with Gasteiger partial charge in [0.1, 0.15) is 11.3 Å². The highest BCUT2D eigenvalue weighted by Gasteiger charge is 2.63. The fraction of sp³-hybridized carbons (Fsp3) is 0.222. The Bertz CT molecular complexity index is 1070. The lowest BCUT2D eigenvalue weighted by Gasteiger charge is -2.24. The first kappa shape index (κ1) is 21.7. The highest BCUT2D eigenvalue weighted by atomic mass is 19.4. The molecule has 12 heteroatoms. The maximum Gasteiger partial charge on any atom is 0.459 e. The van der Waals surface area contributed by atoms with Gasteiger partial charge >= 0.3 is 18.3 Å². The third kappa shape index (κ3) is 3.61. The van der Waals surface area contributed by atoms with Crippen molar-refractivity contribution in [3.05, 3.63) is 59.2 Å². The van der Waals surface area contributed by atoms with E-state index in [0.29, 0.717) is 0 Å². The van der Waals surface area contributed by atoms with Gasteiger partial charge in [0, 0.05) is 11.6 Å². The highest BCUT2D eigenvalue weighted by molar-refractivity contribution is 5.80. The zero-order valence-electron chi connectivity index (χ0n) is 14.7. The quantitative estimate of drug-likeness (QED) is 0.435. The molecule has 0 fully saturated rings.